The van der Waals surface area contributed by atoms with Crippen LogP contribution >= 0.6 is 0 Å². The van der Waals surface area contributed by atoms with Gasteiger partial charge in [0.15, 0.2) is 0 Å². The molecule has 0 saturated heterocycles. The maximum absolute atomic E-state index is 12.2. The van der Waals surface area contributed by atoms with E-state index in [2.05, 4.69) is 20.8 Å². The summed E-state index contributed by atoms with van der Waals surface area (Å²) in [5.74, 6) is -0.0694. The maximum Gasteiger partial charge on any atom is 0.242 e. The largest absolute Gasteiger partial charge is 0.352 e. The molecule has 2 rings (SSSR count). The monoisotopic (exact) mass is 346 g/mol. The van der Waals surface area contributed by atoms with Gasteiger partial charge in [0, 0.05) is 25.0 Å². The highest BCUT2D eigenvalue weighted by atomic mass is 16.2. The Balaban J connectivity index is 1.81. The third-order valence-electron chi connectivity index (χ3n) is 3.81. The van der Waals surface area contributed by atoms with Gasteiger partial charge in [0.25, 0.3) is 0 Å². The van der Waals surface area contributed by atoms with Crippen molar-refractivity contribution in [2.75, 3.05) is 6.54 Å². The van der Waals surface area contributed by atoms with Gasteiger partial charge in [-0.15, -0.1) is 0 Å². The Kier molecular flexibility index (Phi) is 6.32. The molecule has 2 aromatic rings. The molecule has 0 aliphatic carbocycles. The molecule has 0 aliphatic rings. The van der Waals surface area contributed by atoms with Crippen LogP contribution in [0.3, 0.4) is 0 Å². The summed E-state index contributed by atoms with van der Waals surface area (Å²) >= 11 is 0. The molecule has 2 aromatic heterocycles. The van der Waals surface area contributed by atoms with Crippen LogP contribution in [0.5, 0.6) is 0 Å². The number of carbonyl (C=O) groups excluding carboxylic acids is 2. The number of hydrogen-bond acceptors (Lipinski definition) is 4. The topological polar surface area (TPSA) is 93.8 Å². The molecule has 0 radical (unpaired) electrons. The van der Waals surface area contributed by atoms with Crippen LogP contribution in [-0.4, -0.2) is 44.0 Å². The van der Waals surface area contributed by atoms with Crippen LogP contribution < -0.4 is 10.6 Å². The average Bonchev–Trinajstić information content (AvgIpc) is 3.11. The van der Waals surface area contributed by atoms with Crippen molar-refractivity contribution in [3.63, 3.8) is 0 Å². The minimum absolute atomic E-state index is 0.126. The van der Waals surface area contributed by atoms with Crippen molar-refractivity contribution in [1.82, 2.24) is 30.2 Å². The Morgan fingerprint density at radius 3 is 1.96 bits per heavy atom. The number of amides is 2. The zero-order valence-corrected chi connectivity index (χ0v) is 15.2. The van der Waals surface area contributed by atoms with E-state index in [4.69, 9.17) is 0 Å². The Morgan fingerprint density at radius 1 is 1.00 bits per heavy atom. The molecule has 25 heavy (non-hydrogen) atoms. The Hall–Kier alpha value is -2.64. The fourth-order valence-corrected chi connectivity index (χ4v) is 2.39. The number of nitrogens with one attached hydrogen (secondary N) is 2. The lowest BCUT2D eigenvalue weighted by Crippen LogP contribution is -2.48. The minimum atomic E-state index is -0.146. The number of rotatable bonds is 8. The molecule has 0 aromatic carbocycles. The smallest absolute Gasteiger partial charge is 0.242 e. The van der Waals surface area contributed by atoms with Crippen LogP contribution in [0.4, 0.5) is 0 Å². The van der Waals surface area contributed by atoms with Crippen molar-refractivity contribution >= 4 is 11.8 Å². The Labute approximate surface area is 147 Å². The van der Waals surface area contributed by atoms with Crippen LogP contribution in [0.1, 0.15) is 25.0 Å². The van der Waals surface area contributed by atoms with Gasteiger partial charge in [-0.05, 0) is 30.9 Å². The Morgan fingerprint density at radius 2 is 1.52 bits per heavy atom. The van der Waals surface area contributed by atoms with Crippen LogP contribution in [0.25, 0.3) is 0 Å². The summed E-state index contributed by atoms with van der Waals surface area (Å²) in [5.41, 5.74) is 2.02. The van der Waals surface area contributed by atoms with Gasteiger partial charge in [0.2, 0.25) is 11.8 Å². The molecule has 2 heterocycles. The number of carbonyl (C=O) groups is 2. The lowest BCUT2D eigenvalue weighted by atomic mass is 10.0. The molecule has 0 unspecified atom stereocenters. The van der Waals surface area contributed by atoms with Gasteiger partial charge in [-0.1, -0.05) is 13.8 Å². The predicted molar refractivity (Wildman–Crippen MR) is 93.7 cm³/mol. The summed E-state index contributed by atoms with van der Waals surface area (Å²) < 4.78 is 3.19. The zero-order valence-electron chi connectivity index (χ0n) is 15.2. The van der Waals surface area contributed by atoms with E-state index in [1.807, 2.05) is 40.1 Å². The molecule has 0 fully saturated rings. The first-order valence-electron chi connectivity index (χ1n) is 8.37. The van der Waals surface area contributed by atoms with Crippen molar-refractivity contribution < 1.29 is 9.59 Å². The third kappa shape index (κ3) is 6.06. The third-order valence-corrected chi connectivity index (χ3v) is 3.81. The van der Waals surface area contributed by atoms with E-state index >= 15 is 0 Å². The molecular formula is C17H26N6O2. The van der Waals surface area contributed by atoms with E-state index in [9.17, 15) is 9.59 Å². The predicted octanol–water partition coefficient (Wildman–Crippen LogP) is 0.654. The SMILES string of the molecule is Cc1cnn(CC(=O)NC[C@H](NC(=O)Cn2cc(C)cn2)C(C)C)c1. The van der Waals surface area contributed by atoms with E-state index < -0.39 is 0 Å². The number of aryl methyl sites for hydroxylation is 2. The van der Waals surface area contributed by atoms with E-state index in [1.54, 1.807) is 21.8 Å². The normalized spacial score (nSPS) is 12.2. The first-order chi connectivity index (χ1) is 11.8. The molecule has 0 aliphatic heterocycles. The summed E-state index contributed by atoms with van der Waals surface area (Å²) in [5, 5.41) is 14.0. The number of nitrogens with zero attached hydrogens (tertiary/aromatic N) is 4. The summed E-state index contributed by atoms with van der Waals surface area (Å²) in [6.45, 7) is 8.57. The summed E-state index contributed by atoms with van der Waals surface area (Å²) in [4.78, 5) is 24.2. The van der Waals surface area contributed by atoms with Crippen molar-refractivity contribution in [3.05, 3.63) is 35.9 Å². The molecule has 0 bridgehead atoms. The molecule has 2 N–H and O–H groups in total. The van der Waals surface area contributed by atoms with E-state index in [1.165, 1.54) is 0 Å². The summed E-state index contributed by atoms with van der Waals surface area (Å²) in [7, 11) is 0. The standard InChI is InChI=1S/C17H26N6O2/c1-12(2)15(21-17(25)11-23-9-14(4)6-20-23)7-18-16(24)10-22-8-13(3)5-19-22/h5-6,8-9,12,15H,7,10-11H2,1-4H3,(H,18,24)(H,21,25)/t15-/m0/s1. The number of hydrogen-bond donors (Lipinski definition) is 2. The molecule has 0 saturated carbocycles. The van der Waals surface area contributed by atoms with Gasteiger partial charge in [0.05, 0.1) is 12.4 Å². The van der Waals surface area contributed by atoms with Gasteiger partial charge in [-0.25, -0.2) is 0 Å². The van der Waals surface area contributed by atoms with Crippen LogP contribution in [0, 0.1) is 19.8 Å². The maximum atomic E-state index is 12.2. The molecule has 2 amide bonds. The van der Waals surface area contributed by atoms with Gasteiger partial charge in [-0.2, -0.15) is 10.2 Å². The lowest BCUT2D eigenvalue weighted by molar-refractivity contribution is -0.124. The van der Waals surface area contributed by atoms with Crippen LogP contribution in [0.15, 0.2) is 24.8 Å². The second-order valence-electron chi connectivity index (χ2n) is 6.65. The highest BCUT2D eigenvalue weighted by molar-refractivity contribution is 5.77. The average molecular weight is 346 g/mol. The van der Waals surface area contributed by atoms with Gasteiger partial charge >= 0.3 is 0 Å². The van der Waals surface area contributed by atoms with Crippen molar-refractivity contribution in [3.8, 4) is 0 Å². The van der Waals surface area contributed by atoms with Gasteiger partial charge < -0.3 is 10.6 Å². The van der Waals surface area contributed by atoms with E-state index in [0.717, 1.165) is 11.1 Å². The second-order valence-corrected chi connectivity index (χ2v) is 6.65. The van der Waals surface area contributed by atoms with Crippen LogP contribution in [-0.2, 0) is 22.7 Å². The lowest BCUT2D eigenvalue weighted by Gasteiger charge is -2.23. The first-order valence-corrected chi connectivity index (χ1v) is 8.37. The molecule has 0 spiro atoms. The summed E-state index contributed by atoms with van der Waals surface area (Å²) in [6, 6.07) is -0.146. The van der Waals surface area contributed by atoms with E-state index in [0.29, 0.717) is 6.54 Å². The van der Waals surface area contributed by atoms with Crippen molar-refractivity contribution in [2.24, 2.45) is 5.92 Å². The summed E-state index contributed by atoms with van der Waals surface area (Å²) in [6.07, 6.45) is 7.05. The highest BCUT2D eigenvalue weighted by Crippen LogP contribution is 2.02. The molecular weight excluding hydrogens is 320 g/mol. The molecule has 136 valence electrons. The van der Waals surface area contributed by atoms with Gasteiger partial charge in [-0.3, -0.25) is 19.0 Å². The zero-order chi connectivity index (χ0) is 18.4. The number of aromatic nitrogens is 4. The van der Waals surface area contributed by atoms with Crippen LogP contribution in [0.2, 0.25) is 0 Å². The molecule has 8 heteroatoms. The van der Waals surface area contributed by atoms with Crippen molar-refractivity contribution in [2.45, 2.75) is 46.8 Å². The minimum Gasteiger partial charge on any atom is -0.352 e. The van der Waals surface area contributed by atoms with E-state index in [-0.39, 0.29) is 36.9 Å². The quantitative estimate of drug-likeness (QED) is 0.734. The molecule has 8 nitrogen and oxygen atoms in total. The highest BCUT2D eigenvalue weighted by Gasteiger charge is 2.17. The first kappa shape index (κ1) is 18.7. The molecule has 1 atom stereocenters. The Bertz CT molecular complexity index is 718. The van der Waals surface area contributed by atoms with Crippen molar-refractivity contribution in [1.29, 1.82) is 0 Å². The fraction of sp³-hybridized carbons (Fsp3) is 0.529. The second kappa shape index (κ2) is 8.46. The fourth-order valence-electron chi connectivity index (χ4n) is 2.39. The van der Waals surface area contributed by atoms with Gasteiger partial charge in [0.1, 0.15) is 13.1 Å².